The molecule has 1 aromatic carbocycles. The van der Waals surface area contributed by atoms with E-state index in [1.54, 1.807) is 31.2 Å². The van der Waals surface area contributed by atoms with Gasteiger partial charge in [-0.15, -0.1) is 0 Å². The van der Waals surface area contributed by atoms with Crippen molar-refractivity contribution in [1.82, 2.24) is 5.32 Å². The minimum Gasteiger partial charge on any atom is -0.497 e. The van der Waals surface area contributed by atoms with Crippen molar-refractivity contribution in [1.29, 1.82) is 5.26 Å². The number of amides is 1. The molecule has 1 aromatic rings. The van der Waals surface area contributed by atoms with Crippen LogP contribution in [0.5, 0.6) is 5.75 Å². The van der Waals surface area contributed by atoms with E-state index in [2.05, 4.69) is 11.4 Å². The summed E-state index contributed by atoms with van der Waals surface area (Å²) in [5.74, 6) is -0.585. The van der Waals surface area contributed by atoms with Crippen LogP contribution >= 0.6 is 0 Å². The zero-order chi connectivity index (χ0) is 17.6. The molecular weight excluding hydrogens is 296 g/mol. The molecule has 0 aliphatic rings. The summed E-state index contributed by atoms with van der Waals surface area (Å²) in [6.45, 7) is 6.76. The van der Waals surface area contributed by atoms with Gasteiger partial charge in [-0.25, -0.2) is 4.79 Å². The molecule has 0 radical (unpaired) electrons. The fourth-order valence-corrected chi connectivity index (χ4v) is 1.67. The summed E-state index contributed by atoms with van der Waals surface area (Å²) < 4.78 is 10.2. The monoisotopic (exact) mass is 318 g/mol. The first-order valence-electron chi connectivity index (χ1n) is 7.31. The summed E-state index contributed by atoms with van der Waals surface area (Å²) in [5, 5.41) is 11.8. The molecule has 0 spiro atoms. The molecule has 0 bridgehead atoms. The van der Waals surface area contributed by atoms with Gasteiger partial charge in [0.2, 0.25) is 0 Å². The van der Waals surface area contributed by atoms with Crippen molar-refractivity contribution in [2.24, 2.45) is 5.92 Å². The highest BCUT2D eigenvalue weighted by atomic mass is 16.5. The highest BCUT2D eigenvalue weighted by Crippen LogP contribution is 2.16. The van der Waals surface area contributed by atoms with E-state index in [0.29, 0.717) is 11.3 Å². The maximum absolute atomic E-state index is 12.1. The number of ether oxygens (including phenoxy) is 2. The minimum absolute atomic E-state index is 0.0825. The van der Waals surface area contributed by atoms with E-state index in [1.807, 2.05) is 13.8 Å². The number of hydrogen-bond donors (Lipinski definition) is 1. The van der Waals surface area contributed by atoms with Crippen molar-refractivity contribution in [2.75, 3.05) is 7.11 Å². The molecule has 1 N–H and O–H groups in total. The highest BCUT2D eigenvalue weighted by molar-refractivity contribution is 5.92. The Morgan fingerprint density at radius 1 is 1.22 bits per heavy atom. The van der Waals surface area contributed by atoms with Crippen LogP contribution in [-0.4, -0.2) is 30.6 Å². The number of esters is 1. The summed E-state index contributed by atoms with van der Waals surface area (Å²) in [6.07, 6.45) is -1.00. The van der Waals surface area contributed by atoms with Crippen LogP contribution in [0.4, 0.5) is 0 Å². The van der Waals surface area contributed by atoms with E-state index in [-0.39, 0.29) is 5.92 Å². The Bertz CT molecular complexity index is 604. The lowest BCUT2D eigenvalue weighted by molar-refractivity contribution is -0.130. The third-order valence-electron chi connectivity index (χ3n) is 3.75. The number of nitrogens with one attached hydrogen (secondary N) is 1. The first-order valence-corrected chi connectivity index (χ1v) is 7.31. The summed E-state index contributed by atoms with van der Waals surface area (Å²) >= 11 is 0. The van der Waals surface area contributed by atoms with Gasteiger partial charge >= 0.3 is 5.97 Å². The molecule has 0 aromatic heterocycles. The molecule has 0 aliphatic heterocycles. The lowest BCUT2D eigenvalue weighted by Crippen LogP contribution is -2.52. The van der Waals surface area contributed by atoms with E-state index in [0.717, 1.165) is 0 Å². The number of hydrogen-bond acceptors (Lipinski definition) is 5. The predicted molar refractivity (Wildman–Crippen MR) is 84.9 cm³/mol. The van der Waals surface area contributed by atoms with E-state index in [9.17, 15) is 14.9 Å². The van der Waals surface area contributed by atoms with Crippen molar-refractivity contribution < 1.29 is 19.1 Å². The van der Waals surface area contributed by atoms with Gasteiger partial charge in [0.15, 0.2) is 6.10 Å². The second kappa shape index (κ2) is 7.63. The third kappa shape index (κ3) is 4.71. The van der Waals surface area contributed by atoms with Crippen molar-refractivity contribution in [2.45, 2.75) is 39.3 Å². The number of carbonyl (C=O) groups is 2. The molecule has 0 fully saturated rings. The molecule has 6 nitrogen and oxygen atoms in total. The summed E-state index contributed by atoms with van der Waals surface area (Å²) in [6, 6.07) is 8.45. The van der Waals surface area contributed by atoms with Crippen molar-refractivity contribution in [3.8, 4) is 11.8 Å². The molecule has 0 heterocycles. The Morgan fingerprint density at radius 3 is 2.22 bits per heavy atom. The standard InChI is InChI=1S/C17H22N2O4/c1-11(2)17(4,10-18)19-15(20)12(3)23-16(21)13-6-8-14(22-5)9-7-13/h6-9,11-12H,1-5H3,(H,19,20). The van der Waals surface area contributed by atoms with Crippen molar-refractivity contribution >= 4 is 11.9 Å². The molecule has 124 valence electrons. The minimum atomic E-state index is -1.02. The number of benzene rings is 1. The topological polar surface area (TPSA) is 88.4 Å². The number of nitrogens with zero attached hydrogens (tertiary/aromatic N) is 1. The van der Waals surface area contributed by atoms with Gasteiger partial charge in [-0.3, -0.25) is 4.79 Å². The molecule has 2 atom stereocenters. The van der Waals surface area contributed by atoms with Crippen LogP contribution < -0.4 is 10.1 Å². The number of rotatable bonds is 6. The van der Waals surface area contributed by atoms with Crippen molar-refractivity contribution in [3.05, 3.63) is 29.8 Å². The third-order valence-corrected chi connectivity index (χ3v) is 3.75. The zero-order valence-corrected chi connectivity index (χ0v) is 14.0. The molecular formula is C17H22N2O4. The summed E-state index contributed by atoms with van der Waals surface area (Å²) in [5.41, 5.74) is -0.699. The molecule has 23 heavy (non-hydrogen) atoms. The van der Waals surface area contributed by atoms with E-state index in [4.69, 9.17) is 9.47 Å². The molecule has 0 aliphatic carbocycles. The number of nitriles is 1. The molecule has 0 saturated heterocycles. The van der Waals surface area contributed by atoms with Gasteiger partial charge in [0.25, 0.3) is 5.91 Å². The SMILES string of the molecule is COc1ccc(C(=O)OC(C)C(=O)NC(C)(C#N)C(C)C)cc1. The van der Waals surface area contributed by atoms with Gasteiger partial charge in [0.05, 0.1) is 18.7 Å². The Kier molecular flexibility index (Phi) is 6.14. The maximum atomic E-state index is 12.1. The predicted octanol–water partition coefficient (Wildman–Crippen LogP) is 2.29. The van der Waals surface area contributed by atoms with Gasteiger partial charge < -0.3 is 14.8 Å². The highest BCUT2D eigenvalue weighted by Gasteiger charge is 2.32. The molecule has 6 heteroatoms. The first-order chi connectivity index (χ1) is 10.7. The fourth-order valence-electron chi connectivity index (χ4n) is 1.67. The summed E-state index contributed by atoms with van der Waals surface area (Å²) in [7, 11) is 1.53. The van der Waals surface area contributed by atoms with Gasteiger partial charge in [-0.1, -0.05) is 13.8 Å². The first kappa shape index (κ1) is 18.5. The Morgan fingerprint density at radius 2 is 1.78 bits per heavy atom. The fraction of sp³-hybridized carbons (Fsp3) is 0.471. The van der Waals surface area contributed by atoms with Crippen LogP contribution in [0.25, 0.3) is 0 Å². The molecule has 1 rings (SSSR count). The number of carbonyl (C=O) groups excluding carboxylic acids is 2. The second-order valence-corrected chi connectivity index (χ2v) is 5.73. The van der Waals surface area contributed by atoms with Gasteiger partial charge in [0.1, 0.15) is 11.3 Å². The lowest BCUT2D eigenvalue weighted by atomic mass is 9.90. The van der Waals surface area contributed by atoms with Gasteiger partial charge in [-0.05, 0) is 44.0 Å². The number of methoxy groups -OCH3 is 1. The zero-order valence-electron chi connectivity index (χ0n) is 14.0. The van der Waals surface area contributed by atoms with Gasteiger partial charge in [-0.2, -0.15) is 5.26 Å². The van der Waals surface area contributed by atoms with Crippen LogP contribution in [0, 0.1) is 17.2 Å². The largest absolute Gasteiger partial charge is 0.497 e. The summed E-state index contributed by atoms with van der Waals surface area (Å²) in [4.78, 5) is 24.1. The van der Waals surface area contributed by atoms with Crippen LogP contribution in [0.2, 0.25) is 0 Å². The smallest absolute Gasteiger partial charge is 0.338 e. The molecule has 2 unspecified atom stereocenters. The maximum Gasteiger partial charge on any atom is 0.338 e. The van der Waals surface area contributed by atoms with Crippen LogP contribution in [0.1, 0.15) is 38.1 Å². The molecule has 0 saturated carbocycles. The van der Waals surface area contributed by atoms with E-state index in [1.165, 1.54) is 14.0 Å². The lowest BCUT2D eigenvalue weighted by Gasteiger charge is -2.28. The Hall–Kier alpha value is -2.55. The van der Waals surface area contributed by atoms with Crippen LogP contribution in [0.15, 0.2) is 24.3 Å². The van der Waals surface area contributed by atoms with Crippen LogP contribution in [-0.2, 0) is 9.53 Å². The quantitative estimate of drug-likeness (QED) is 0.813. The Balaban J connectivity index is 2.70. The Labute approximate surface area is 136 Å². The second-order valence-electron chi connectivity index (χ2n) is 5.73. The van der Waals surface area contributed by atoms with Gasteiger partial charge in [0, 0.05) is 0 Å². The average molecular weight is 318 g/mol. The average Bonchev–Trinajstić information content (AvgIpc) is 2.54. The normalized spacial score (nSPS) is 14.3. The van der Waals surface area contributed by atoms with Crippen LogP contribution in [0.3, 0.4) is 0 Å². The van der Waals surface area contributed by atoms with Crippen molar-refractivity contribution in [3.63, 3.8) is 0 Å². The molecule has 1 amide bonds. The van der Waals surface area contributed by atoms with E-state index < -0.39 is 23.5 Å². The van der Waals surface area contributed by atoms with E-state index >= 15 is 0 Å².